The molecule has 3 aromatic carbocycles. The van der Waals surface area contributed by atoms with E-state index < -0.39 is 12.0 Å². The van der Waals surface area contributed by atoms with Crippen molar-refractivity contribution in [3.05, 3.63) is 100 Å². The number of likely N-dealkylation sites (tertiary alicyclic amines) is 1. The van der Waals surface area contributed by atoms with Crippen LogP contribution in [0.5, 0.6) is 5.75 Å². The molecule has 4 nitrogen and oxygen atoms in total. The summed E-state index contributed by atoms with van der Waals surface area (Å²) >= 11 is 6.20. The van der Waals surface area contributed by atoms with Crippen molar-refractivity contribution in [2.75, 3.05) is 26.2 Å². The maximum atomic E-state index is 12.8. The maximum absolute atomic E-state index is 12.8. The highest BCUT2D eigenvalue weighted by molar-refractivity contribution is 6.30. The molecule has 2 aliphatic carbocycles. The molecule has 0 amide bonds. The van der Waals surface area contributed by atoms with Gasteiger partial charge >= 0.3 is 6.36 Å². The van der Waals surface area contributed by atoms with Crippen LogP contribution in [0.1, 0.15) is 28.3 Å². The number of hydrogen-bond acceptors (Lipinski definition) is 4. The highest BCUT2D eigenvalue weighted by atomic mass is 35.5. The van der Waals surface area contributed by atoms with Crippen molar-refractivity contribution >= 4 is 11.6 Å². The fourth-order valence-corrected chi connectivity index (χ4v) is 7.00. The van der Waals surface area contributed by atoms with Gasteiger partial charge < -0.3 is 15.2 Å². The Kier molecular flexibility index (Phi) is 7.12. The van der Waals surface area contributed by atoms with Crippen LogP contribution in [-0.4, -0.2) is 48.1 Å². The number of hydrogen-bond donors (Lipinski definition) is 2. The predicted octanol–water partition coefficient (Wildman–Crippen LogP) is 5.82. The van der Waals surface area contributed by atoms with Crippen LogP contribution >= 0.6 is 11.6 Å². The van der Waals surface area contributed by atoms with Gasteiger partial charge in [-0.05, 0) is 77.2 Å². The summed E-state index contributed by atoms with van der Waals surface area (Å²) in [5, 5.41) is 15.5. The molecule has 0 aromatic heterocycles. The average Bonchev–Trinajstić information content (AvgIpc) is 3.17. The van der Waals surface area contributed by atoms with E-state index in [0.717, 1.165) is 30.8 Å². The van der Waals surface area contributed by atoms with Gasteiger partial charge in [0.25, 0.3) is 0 Å². The van der Waals surface area contributed by atoms with Crippen molar-refractivity contribution in [1.29, 1.82) is 0 Å². The number of nitrogens with one attached hydrogen (secondary N) is 1. The van der Waals surface area contributed by atoms with Gasteiger partial charge in [0.05, 0.1) is 5.60 Å². The quantitative estimate of drug-likeness (QED) is 0.349. The Morgan fingerprint density at radius 3 is 2.33 bits per heavy atom. The average molecular weight is 557 g/mol. The van der Waals surface area contributed by atoms with Crippen molar-refractivity contribution in [2.24, 2.45) is 17.8 Å². The summed E-state index contributed by atoms with van der Waals surface area (Å²) in [4.78, 5) is 2.40. The standard InChI is InChI=1S/C31H32ClF3N2O2/c32-24-9-3-5-20(11-24)12-29(21-8-4-10-25(13-21)39-31(33,34)35)36-16-26-27-17-37(18-28(26)27)19-30(38)14-22-6-1-2-7-23(22)15-30/h1-11,13,26-29,36,38H,12,14-19H2. The minimum Gasteiger partial charge on any atom is -0.406 e. The molecule has 0 bridgehead atoms. The van der Waals surface area contributed by atoms with Gasteiger partial charge in [-0.3, -0.25) is 4.90 Å². The number of nitrogens with zero attached hydrogens (tertiary/aromatic N) is 1. The Morgan fingerprint density at radius 2 is 1.67 bits per heavy atom. The van der Waals surface area contributed by atoms with E-state index >= 15 is 0 Å². The normalized spacial score (nSPS) is 24.3. The third-order valence-electron chi connectivity index (χ3n) is 8.55. The van der Waals surface area contributed by atoms with Crippen LogP contribution in [0.2, 0.25) is 5.02 Å². The van der Waals surface area contributed by atoms with Crippen molar-refractivity contribution in [3.63, 3.8) is 0 Å². The molecule has 39 heavy (non-hydrogen) atoms. The fourth-order valence-electron chi connectivity index (χ4n) is 6.78. The summed E-state index contributed by atoms with van der Waals surface area (Å²) in [5.41, 5.74) is 3.56. The summed E-state index contributed by atoms with van der Waals surface area (Å²) < 4.78 is 42.7. The van der Waals surface area contributed by atoms with Gasteiger partial charge in [0.1, 0.15) is 5.75 Å². The van der Waals surface area contributed by atoms with Crippen molar-refractivity contribution < 1.29 is 23.0 Å². The molecule has 2 fully saturated rings. The van der Waals surface area contributed by atoms with E-state index in [1.807, 2.05) is 42.5 Å². The van der Waals surface area contributed by atoms with Crippen molar-refractivity contribution in [2.45, 2.75) is 37.3 Å². The van der Waals surface area contributed by atoms with Gasteiger partial charge in [0, 0.05) is 43.5 Å². The summed E-state index contributed by atoms with van der Waals surface area (Å²) in [6, 6.07) is 21.9. The van der Waals surface area contributed by atoms with Gasteiger partial charge in [-0.2, -0.15) is 0 Å². The third kappa shape index (κ3) is 6.27. The second-order valence-electron chi connectivity index (χ2n) is 11.4. The highest BCUT2D eigenvalue weighted by Gasteiger charge is 2.56. The summed E-state index contributed by atoms with van der Waals surface area (Å²) in [7, 11) is 0. The van der Waals surface area contributed by atoms with E-state index in [1.54, 1.807) is 6.07 Å². The topological polar surface area (TPSA) is 44.7 Å². The molecule has 3 aromatic rings. The molecule has 0 radical (unpaired) electrons. The largest absolute Gasteiger partial charge is 0.573 e. The SMILES string of the molecule is OC1(CN2CC3C(CNC(Cc4cccc(Cl)c4)c4cccc(OC(F)(F)F)c4)C3C2)Cc2ccccc2C1. The first-order chi connectivity index (χ1) is 18.6. The van der Waals surface area contributed by atoms with Crippen LogP contribution in [0.4, 0.5) is 13.2 Å². The number of piperidine rings is 1. The van der Waals surface area contributed by atoms with Gasteiger partial charge in [0.15, 0.2) is 0 Å². The Bertz CT molecular complexity index is 1300. The van der Waals surface area contributed by atoms with E-state index in [2.05, 4.69) is 27.1 Å². The van der Waals surface area contributed by atoms with Crippen LogP contribution in [0.15, 0.2) is 72.8 Å². The number of benzene rings is 3. The second-order valence-corrected chi connectivity index (χ2v) is 11.9. The number of fused-ring (bicyclic) bond motifs is 2. The lowest BCUT2D eigenvalue weighted by Crippen LogP contribution is -2.44. The van der Waals surface area contributed by atoms with E-state index in [1.165, 1.54) is 23.3 Å². The molecule has 6 rings (SSSR count). The highest BCUT2D eigenvalue weighted by Crippen LogP contribution is 2.52. The molecule has 2 N–H and O–H groups in total. The molecule has 3 aliphatic rings. The smallest absolute Gasteiger partial charge is 0.406 e. The fraction of sp³-hybridized carbons (Fsp3) is 0.419. The molecule has 1 aliphatic heterocycles. The number of aliphatic hydroxyl groups is 1. The summed E-state index contributed by atoms with van der Waals surface area (Å²) in [5.74, 6) is 1.46. The molecule has 8 heteroatoms. The van der Waals surface area contributed by atoms with E-state index in [4.69, 9.17) is 11.6 Å². The minimum absolute atomic E-state index is 0.185. The summed E-state index contributed by atoms with van der Waals surface area (Å²) in [6.45, 7) is 3.43. The minimum atomic E-state index is -4.74. The van der Waals surface area contributed by atoms with Crippen LogP contribution in [0.3, 0.4) is 0 Å². The van der Waals surface area contributed by atoms with Crippen LogP contribution < -0.4 is 10.1 Å². The molecule has 3 atom stereocenters. The molecular weight excluding hydrogens is 525 g/mol. The Labute approximate surface area is 231 Å². The molecule has 206 valence electrons. The van der Waals surface area contributed by atoms with Gasteiger partial charge in [-0.25, -0.2) is 0 Å². The zero-order valence-electron chi connectivity index (χ0n) is 21.5. The van der Waals surface area contributed by atoms with E-state index in [9.17, 15) is 18.3 Å². The number of halogens is 4. The Hall–Kier alpha value is -2.58. The van der Waals surface area contributed by atoms with E-state index in [0.29, 0.717) is 48.6 Å². The molecule has 1 heterocycles. The van der Waals surface area contributed by atoms with Crippen LogP contribution in [0, 0.1) is 17.8 Å². The van der Waals surface area contributed by atoms with Crippen molar-refractivity contribution in [1.82, 2.24) is 10.2 Å². The Balaban J connectivity index is 1.07. The molecule has 0 spiro atoms. The van der Waals surface area contributed by atoms with Gasteiger partial charge in [0.2, 0.25) is 0 Å². The second kappa shape index (κ2) is 10.4. The number of ether oxygens (including phenoxy) is 1. The first-order valence-electron chi connectivity index (χ1n) is 13.5. The zero-order valence-corrected chi connectivity index (χ0v) is 22.3. The zero-order chi connectivity index (χ0) is 27.2. The van der Waals surface area contributed by atoms with Gasteiger partial charge in [-0.15, -0.1) is 13.2 Å². The number of rotatable bonds is 9. The predicted molar refractivity (Wildman–Crippen MR) is 145 cm³/mol. The molecular formula is C31H32ClF3N2O2. The van der Waals surface area contributed by atoms with Crippen LogP contribution in [0.25, 0.3) is 0 Å². The van der Waals surface area contributed by atoms with Crippen molar-refractivity contribution in [3.8, 4) is 5.75 Å². The monoisotopic (exact) mass is 556 g/mol. The number of alkyl halides is 3. The molecule has 1 saturated carbocycles. The lowest BCUT2D eigenvalue weighted by atomic mass is 9.98. The Morgan fingerprint density at radius 1 is 0.974 bits per heavy atom. The molecule has 3 unspecified atom stereocenters. The lowest BCUT2D eigenvalue weighted by Gasteiger charge is -2.30. The van der Waals surface area contributed by atoms with Gasteiger partial charge in [-0.1, -0.05) is 60.1 Å². The first kappa shape index (κ1) is 26.6. The van der Waals surface area contributed by atoms with Crippen LogP contribution in [-0.2, 0) is 19.3 Å². The maximum Gasteiger partial charge on any atom is 0.573 e. The molecule has 1 saturated heterocycles. The third-order valence-corrected chi connectivity index (χ3v) is 8.78. The number of β-amino-alcohol motifs (C(OH)–C–C–N with tert-alkyl or cyclic N) is 1. The summed E-state index contributed by atoms with van der Waals surface area (Å²) in [6.07, 6.45) is -2.72. The lowest BCUT2D eigenvalue weighted by molar-refractivity contribution is -0.274. The van der Waals surface area contributed by atoms with E-state index in [-0.39, 0.29) is 11.8 Å². The first-order valence-corrected chi connectivity index (χ1v) is 13.9.